The SMILES string of the molecule is Cc1cc(N2CC(C(N)=O)CC2=O)ccc1N1CCCC1=O. The number of nitrogens with zero attached hydrogens (tertiary/aromatic N) is 2. The first-order valence-corrected chi connectivity index (χ1v) is 7.48. The van der Waals surface area contributed by atoms with Crippen LogP contribution in [0.25, 0.3) is 0 Å². The van der Waals surface area contributed by atoms with Crippen LogP contribution < -0.4 is 15.5 Å². The third-order valence-corrected chi connectivity index (χ3v) is 4.38. The topological polar surface area (TPSA) is 83.7 Å². The second-order valence-corrected chi connectivity index (χ2v) is 5.93. The third-order valence-electron chi connectivity index (χ3n) is 4.38. The van der Waals surface area contributed by atoms with E-state index in [4.69, 9.17) is 5.73 Å². The molecule has 3 rings (SSSR count). The number of aryl methyl sites for hydroxylation is 1. The van der Waals surface area contributed by atoms with E-state index in [0.717, 1.165) is 29.9 Å². The lowest BCUT2D eigenvalue weighted by molar-refractivity contribution is -0.123. The molecule has 2 saturated heterocycles. The second-order valence-electron chi connectivity index (χ2n) is 5.93. The van der Waals surface area contributed by atoms with Crippen LogP contribution >= 0.6 is 0 Å². The fourth-order valence-electron chi connectivity index (χ4n) is 3.16. The Morgan fingerprint density at radius 3 is 2.55 bits per heavy atom. The molecule has 6 heteroatoms. The molecule has 116 valence electrons. The predicted octanol–water partition coefficient (Wildman–Crippen LogP) is 0.960. The number of rotatable bonds is 3. The van der Waals surface area contributed by atoms with Gasteiger partial charge in [0.25, 0.3) is 0 Å². The van der Waals surface area contributed by atoms with E-state index in [-0.39, 0.29) is 18.2 Å². The van der Waals surface area contributed by atoms with Crippen molar-refractivity contribution in [1.29, 1.82) is 0 Å². The number of carbonyl (C=O) groups excluding carboxylic acids is 3. The van der Waals surface area contributed by atoms with Crippen LogP contribution in [0.4, 0.5) is 11.4 Å². The molecule has 0 radical (unpaired) electrons. The molecule has 1 aromatic rings. The molecule has 1 atom stereocenters. The number of amides is 3. The zero-order valence-electron chi connectivity index (χ0n) is 12.5. The lowest BCUT2D eigenvalue weighted by atomic mass is 10.1. The summed E-state index contributed by atoms with van der Waals surface area (Å²) in [5, 5.41) is 0. The molecule has 0 spiro atoms. The molecular weight excluding hydrogens is 282 g/mol. The predicted molar refractivity (Wildman–Crippen MR) is 82.4 cm³/mol. The van der Waals surface area contributed by atoms with E-state index < -0.39 is 11.8 Å². The Bertz CT molecular complexity index is 656. The highest BCUT2D eigenvalue weighted by Crippen LogP contribution is 2.31. The van der Waals surface area contributed by atoms with Crippen LogP contribution in [-0.2, 0) is 14.4 Å². The summed E-state index contributed by atoms with van der Waals surface area (Å²) in [7, 11) is 0. The van der Waals surface area contributed by atoms with Crippen molar-refractivity contribution in [3.05, 3.63) is 23.8 Å². The van der Waals surface area contributed by atoms with Crippen molar-refractivity contribution in [1.82, 2.24) is 0 Å². The summed E-state index contributed by atoms with van der Waals surface area (Å²) in [4.78, 5) is 38.5. The summed E-state index contributed by atoms with van der Waals surface area (Å²) in [6.07, 6.45) is 1.64. The van der Waals surface area contributed by atoms with E-state index in [2.05, 4.69) is 0 Å². The van der Waals surface area contributed by atoms with Crippen molar-refractivity contribution in [2.24, 2.45) is 11.7 Å². The van der Waals surface area contributed by atoms with Gasteiger partial charge in [0.15, 0.2) is 0 Å². The number of benzene rings is 1. The monoisotopic (exact) mass is 301 g/mol. The van der Waals surface area contributed by atoms with Crippen LogP contribution in [0.1, 0.15) is 24.8 Å². The Morgan fingerprint density at radius 2 is 2.00 bits per heavy atom. The molecule has 2 fully saturated rings. The first-order chi connectivity index (χ1) is 10.5. The lowest BCUT2D eigenvalue weighted by Crippen LogP contribution is -2.29. The number of anilines is 2. The van der Waals surface area contributed by atoms with Crippen LogP contribution in [0.2, 0.25) is 0 Å². The highest BCUT2D eigenvalue weighted by molar-refractivity contribution is 6.01. The number of carbonyl (C=O) groups is 3. The van der Waals surface area contributed by atoms with Gasteiger partial charge in [-0.1, -0.05) is 0 Å². The van der Waals surface area contributed by atoms with E-state index in [1.165, 1.54) is 0 Å². The molecule has 6 nitrogen and oxygen atoms in total. The summed E-state index contributed by atoms with van der Waals surface area (Å²) in [5.41, 5.74) is 7.88. The largest absolute Gasteiger partial charge is 0.369 e. The van der Waals surface area contributed by atoms with Gasteiger partial charge in [-0.05, 0) is 37.1 Å². The summed E-state index contributed by atoms with van der Waals surface area (Å²) in [6.45, 7) is 3.00. The number of hydrogen-bond donors (Lipinski definition) is 1. The molecule has 1 aromatic carbocycles. The molecule has 2 heterocycles. The fourth-order valence-corrected chi connectivity index (χ4v) is 3.16. The maximum atomic E-state index is 12.0. The highest BCUT2D eigenvalue weighted by Gasteiger charge is 2.34. The fraction of sp³-hybridized carbons (Fsp3) is 0.438. The Balaban J connectivity index is 1.85. The maximum Gasteiger partial charge on any atom is 0.227 e. The van der Waals surface area contributed by atoms with Crippen LogP contribution in [-0.4, -0.2) is 30.8 Å². The zero-order valence-corrected chi connectivity index (χ0v) is 12.5. The molecule has 0 aliphatic carbocycles. The van der Waals surface area contributed by atoms with Crippen LogP contribution in [0.5, 0.6) is 0 Å². The van der Waals surface area contributed by atoms with Crippen molar-refractivity contribution in [2.75, 3.05) is 22.9 Å². The quantitative estimate of drug-likeness (QED) is 0.902. The maximum absolute atomic E-state index is 12.0. The normalized spacial score (nSPS) is 21.8. The molecule has 0 aromatic heterocycles. The summed E-state index contributed by atoms with van der Waals surface area (Å²) < 4.78 is 0. The Hall–Kier alpha value is -2.37. The first-order valence-electron chi connectivity index (χ1n) is 7.48. The molecule has 3 amide bonds. The van der Waals surface area contributed by atoms with Gasteiger partial charge in [0, 0.05) is 37.3 Å². The van der Waals surface area contributed by atoms with Gasteiger partial charge in [-0.3, -0.25) is 14.4 Å². The van der Waals surface area contributed by atoms with E-state index in [1.807, 2.05) is 25.1 Å². The van der Waals surface area contributed by atoms with Crippen LogP contribution in [0.3, 0.4) is 0 Å². The molecule has 0 saturated carbocycles. The van der Waals surface area contributed by atoms with E-state index >= 15 is 0 Å². The number of primary amides is 1. The average molecular weight is 301 g/mol. The van der Waals surface area contributed by atoms with Crippen LogP contribution in [0.15, 0.2) is 18.2 Å². The van der Waals surface area contributed by atoms with Gasteiger partial charge in [0.1, 0.15) is 0 Å². The van der Waals surface area contributed by atoms with Gasteiger partial charge in [0.2, 0.25) is 17.7 Å². The lowest BCUT2D eigenvalue weighted by Gasteiger charge is -2.22. The van der Waals surface area contributed by atoms with E-state index in [1.54, 1.807) is 9.80 Å². The molecule has 1 unspecified atom stereocenters. The van der Waals surface area contributed by atoms with Gasteiger partial charge in [-0.25, -0.2) is 0 Å². The summed E-state index contributed by atoms with van der Waals surface area (Å²) >= 11 is 0. The van der Waals surface area contributed by atoms with Gasteiger partial charge >= 0.3 is 0 Å². The minimum Gasteiger partial charge on any atom is -0.369 e. The summed E-state index contributed by atoms with van der Waals surface area (Å²) in [5.74, 6) is -0.811. The molecule has 22 heavy (non-hydrogen) atoms. The Labute approximate surface area is 128 Å². The first kappa shape index (κ1) is 14.6. The van der Waals surface area contributed by atoms with Gasteiger partial charge in [0.05, 0.1) is 5.92 Å². The van der Waals surface area contributed by atoms with Gasteiger partial charge in [-0.15, -0.1) is 0 Å². The summed E-state index contributed by atoms with van der Waals surface area (Å²) in [6, 6.07) is 5.59. The Morgan fingerprint density at radius 1 is 1.23 bits per heavy atom. The van der Waals surface area contributed by atoms with E-state index in [0.29, 0.717) is 13.0 Å². The van der Waals surface area contributed by atoms with Crippen molar-refractivity contribution in [3.8, 4) is 0 Å². The van der Waals surface area contributed by atoms with Gasteiger partial charge in [-0.2, -0.15) is 0 Å². The number of nitrogens with two attached hydrogens (primary N) is 1. The standard InChI is InChI=1S/C16H19N3O3/c1-10-7-12(19-9-11(16(17)22)8-15(19)21)4-5-13(10)18-6-2-3-14(18)20/h4-5,7,11H,2-3,6,8-9H2,1H3,(H2,17,22). The highest BCUT2D eigenvalue weighted by atomic mass is 16.2. The Kier molecular flexibility index (Phi) is 3.60. The molecular formula is C16H19N3O3. The number of hydrogen-bond acceptors (Lipinski definition) is 3. The minimum atomic E-state index is -0.438. The smallest absolute Gasteiger partial charge is 0.227 e. The average Bonchev–Trinajstić information content (AvgIpc) is 3.05. The van der Waals surface area contributed by atoms with Crippen molar-refractivity contribution in [3.63, 3.8) is 0 Å². The zero-order chi connectivity index (χ0) is 15.9. The molecule has 2 N–H and O–H groups in total. The van der Waals surface area contributed by atoms with Crippen molar-refractivity contribution >= 4 is 29.1 Å². The van der Waals surface area contributed by atoms with Gasteiger partial charge < -0.3 is 15.5 Å². The molecule has 2 aliphatic rings. The van der Waals surface area contributed by atoms with Crippen LogP contribution in [0, 0.1) is 12.8 Å². The molecule has 0 bridgehead atoms. The van der Waals surface area contributed by atoms with E-state index in [9.17, 15) is 14.4 Å². The van der Waals surface area contributed by atoms with Crippen molar-refractivity contribution < 1.29 is 14.4 Å². The molecule has 2 aliphatic heterocycles. The van der Waals surface area contributed by atoms with Crippen molar-refractivity contribution in [2.45, 2.75) is 26.2 Å². The third kappa shape index (κ3) is 2.45. The minimum absolute atomic E-state index is 0.0896. The second kappa shape index (κ2) is 5.44.